The van der Waals surface area contributed by atoms with Crippen molar-refractivity contribution >= 4 is 40.2 Å². The molecule has 1 saturated heterocycles. The second kappa shape index (κ2) is 9.32. The minimum Gasteiger partial charge on any atom is -0.326 e. The summed E-state index contributed by atoms with van der Waals surface area (Å²) in [6.07, 6.45) is 0.830. The van der Waals surface area contributed by atoms with E-state index in [-0.39, 0.29) is 24.0 Å². The minimum atomic E-state index is -0.508. The number of nitrogens with one attached hydrogen (secondary N) is 2. The van der Waals surface area contributed by atoms with E-state index in [4.69, 9.17) is 0 Å². The van der Waals surface area contributed by atoms with Gasteiger partial charge in [-0.1, -0.05) is 54.2 Å². The van der Waals surface area contributed by atoms with Crippen molar-refractivity contribution in [1.29, 1.82) is 0 Å². The molecule has 1 aliphatic rings. The third-order valence-corrected chi connectivity index (χ3v) is 5.32. The van der Waals surface area contributed by atoms with Crippen LogP contribution in [0, 0.1) is 0 Å². The Morgan fingerprint density at radius 3 is 2.68 bits per heavy atom. The number of rotatable bonds is 7. The fourth-order valence-corrected chi connectivity index (χ4v) is 3.74. The van der Waals surface area contributed by atoms with Gasteiger partial charge in [-0.2, -0.15) is 0 Å². The van der Waals surface area contributed by atoms with E-state index in [1.807, 2.05) is 30.3 Å². The molecule has 1 fully saturated rings. The van der Waals surface area contributed by atoms with Crippen LogP contribution in [0.25, 0.3) is 0 Å². The quantitative estimate of drug-likeness (QED) is 0.706. The summed E-state index contributed by atoms with van der Waals surface area (Å²) < 4.78 is 0. The lowest BCUT2D eigenvalue weighted by Crippen LogP contribution is -2.28. The number of amidine groups is 1. The highest BCUT2D eigenvalue weighted by molar-refractivity contribution is 8.15. The molecule has 0 aromatic heterocycles. The third-order valence-electron chi connectivity index (χ3n) is 4.20. The molecule has 1 heterocycles. The molecule has 28 heavy (non-hydrogen) atoms. The molecule has 6 nitrogen and oxygen atoms in total. The summed E-state index contributed by atoms with van der Waals surface area (Å²) in [4.78, 5) is 40.2. The third kappa shape index (κ3) is 5.53. The zero-order valence-electron chi connectivity index (χ0n) is 15.5. The van der Waals surface area contributed by atoms with Gasteiger partial charge in [-0.3, -0.25) is 19.4 Å². The van der Waals surface area contributed by atoms with Crippen LogP contribution < -0.4 is 10.6 Å². The number of aliphatic imine (C=N–C) groups is 1. The second-order valence-electron chi connectivity index (χ2n) is 6.41. The predicted molar refractivity (Wildman–Crippen MR) is 112 cm³/mol. The van der Waals surface area contributed by atoms with Crippen molar-refractivity contribution in [3.63, 3.8) is 0 Å². The molecule has 2 N–H and O–H groups in total. The van der Waals surface area contributed by atoms with Crippen molar-refractivity contribution in [3.8, 4) is 0 Å². The van der Waals surface area contributed by atoms with Crippen LogP contribution in [0.3, 0.4) is 0 Å². The average Bonchev–Trinajstić information content (AvgIpc) is 3.02. The molecule has 144 valence electrons. The summed E-state index contributed by atoms with van der Waals surface area (Å²) in [6.45, 7) is 2.04. The lowest BCUT2D eigenvalue weighted by atomic mass is 10.1. The molecule has 3 rings (SSSR count). The number of thioether (sulfide) groups is 1. The van der Waals surface area contributed by atoms with Gasteiger partial charge in [0.05, 0.1) is 0 Å². The van der Waals surface area contributed by atoms with Gasteiger partial charge < -0.3 is 10.6 Å². The molecular formula is C21H21N3O3S. The maximum atomic E-state index is 12.3. The maximum Gasteiger partial charge on any atom is 0.240 e. The Labute approximate surface area is 167 Å². The van der Waals surface area contributed by atoms with Crippen LogP contribution in [-0.2, 0) is 16.0 Å². The van der Waals surface area contributed by atoms with Crippen LogP contribution in [0.2, 0.25) is 0 Å². The number of hydrogen-bond donors (Lipinski definition) is 2. The Bertz CT molecular complexity index is 912. The lowest BCUT2D eigenvalue weighted by molar-refractivity contribution is -0.122. The number of anilines is 1. The Kier molecular flexibility index (Phi) is 6.60. The van der Waals surface area contributed by atoms with Crippen LogP contribution in [0.1, 0.15) is 29.3 Å². The number of hydrogen-bond acceptors (Lipinski definition) is 5. The minimum absolute atomic E-state index is 0.0402. The normalized spacial score (nSPS) is 17.4. The van der Waals surface area contributed by atoms with Crippen LogP contribution >= 0.6 is 11.8 Å². The summed E-state index contributed by atoms with van der Waals surface area (Å²) in [5.41, 5.74) is 2.25. The zero-order valence-corrected chi connectivity index (χ0v) is 16.3. The fourth-order valence-electron chi connectivity index (χ4n) is 2.74. The molecule has 0 bridgehead atoms. The summed E-state index contributed by atoms with van der Waals surface area (Å²) in [6, 6.07) is 16.7. The van der Waals surface area contributed by atoms with E-state index in [0.717, 1.165) is 6.42 Å². The Morgan fingerprint density at radius 2 is 1.93 bits per heavy atom. The summed E-state index contributed by atoms with van der Waals surface area (Å²) in [7, 11) is 0. The van der Waals surface area contributed by atoms with Gasteiger partial charge in [-0.15, -0.1) is 0 Å². The monoisotopic (exact) mass is 395 g/mol. The molecule has 0 radical (unpaired) electrons. The van der Waals surface area contributed by atoms with Crippen LogP contribution in [0.5, 0.6) is 0 Å². The lowest BCUT2D eigenvalue weighted by Gasteiger charge is -2.08. The molecule has 2 aromatic carbocycles. The second-order valence-corrected chi connectivity index (χ2v) is 7.60. The van der Waals surface area contributed by atoms with E-state index < -0.39 is 5.25 Å². The van der Waals surface area contributed by atoms with Gasteiger partial charge in [0, 0.05) is 24.2 Å². The highest BCUT2D eigenvalue weighted by Crippen LogP contribution is 2.23. The summed E-state index contributed by atoms with van der Waals surface area (Å²) >= 11 is 1.28. The van der Waals surface area contributed by atoms with Crippen molar-refractivity contribution in [2.75, 3.05) is 11.9 Å². The molecule has 0 aliphatic carbocycles. The highest BCUT2D eigenvalue weighted by Gasteiger charge is 2.31. The maximum absolute atomic E-state index is 12.3. The number of benzene rings is 2. The molecule has 0 unspecified atom stereocenters. The first kappa shape index (κ1) is 19.8. The smallest absolute Gasteiger partial charge is 0.240 e. The SMILES string of the molecule is CC(=O)c1cccc(NC(=O)C[C@@H]2SC(=NCCc3ccccc3)NC2=O)c1. The zero-order chi connectivity index (χ0) is 19.9. The Balaban J connectivity index is 1.51. The van der Waals surface area contributed by atoms with Gasteiger partial charge >= 0.3 is 0 Å². The fraction of sp³-hybridized carbons (Fsp3) is 0.238. The predicted octanol–water partition coefficient (Wildman–Crippen LogP) is 3.05. The molecule has 0 spiro atoms. The largest absolute Gasteiger partial charge is 0.326 e. The van der Waals surface area contributed by atoms with E-state index in [2.05, 4.69) is 15.6 Å². The van der Waals surface area contributed by atoms with Crippen LogP contribution in [0.4, 0.5) is 5.69 Å². The van der Waals surface area contributed by atoms with Gasteiger partial charge in [0.25, 0.3) is 0 Å². The van der Waals surface area contributed by atoms with Gasteiger partial charge in [0.1, 0.15) is 5.25 Å². The first-order valence-electron chi connectivity index (χ1n) is 8.98. The van der Waals surface area contributed by atoms with Gasteiger partial charge in [-0.05, 0) is 31.0 Å². The van der Waals surface area contributed by atoms with Gasteiger partial charge in [-0.25, -0.2) is 0 Å². The topological polar surface area (TPSA) is 87.6 Å². The number of amides is 2. The van der Waals surface area contributed by atoms with Crippen molar-refractivity contribution in [3.05, 3.63) is 65.7 Å². The van der Waals surface area contributed by atoms with E-state index in [9.17, 15) is 14.4 Å². The standard InChI is InChI=1S/C21H21N3O3S/c1-14(25)16-8-5-9-17(12-16)23-19(26)13-18-20(27)24-21(28-18)22-11-10-15-6-3-2-4-7-15/h2-9,12,18H,10-11,13H2,1H3,(H,23,26)(H,22,24,27)/t18-/m0/s1. The van der Waals surface area contributed by atoms with E-state index in [1.54, 1.807) is 24.3 Å². The van der Waals surface area contributed by atoms with Gasteiger partial charge in [0.15, 0.2) is 11.0 Å². The van der Waals surface area contributed by atoms with E-state index >= 15 is 0 Å². The van der Waals surface area contributed by atoms with Crippen LogP contribution in [0.15, 0.2) is 59.6 Å². The number of nitrogens with zero attached hydrogens (tertiary/aromatic N) is 1. The first-order chi connectivity index (χ1) is 13.5. The van der Waals surface area contributed by atoms with Crippen molar-refractivity contribution in [2.24, 2.45) is 4.99 Å². The van der Waals surface area contributed by atoms with Crippen molar-refractivity contribution in [1.82, 2.24) is 5.32 Å². The molecule has 1 atom stereocenters. The van der Waals surface area contributed by atoms with Crippen molar-refractivity contribution in [2.45, 2.75) is 25.0 Å². The highest BCUT2D eigenvalue weighted by atomic mass is 32.2. The van der Waals surface area contributed by atoms with E-state index in [1.165, 1.54) is 24.2 Å². The molecule has 0 saturated carbocycles. The molecule has 2 amide bonds. The summed E-state index contributed by atoms with van der Waals surface area (Å²) in [5.74, 6) is -0.562. The number of carbonyl (C=O) groups excluding carboxylic acids is 3. The number of carbonyl (C=O) groups is 3. The molecule has 7 heteroatoms. The molecule has 2 aromatic rings. The molecule has 1 aliphatic heterocycles. The summed E-state index contributed by atoms with van der Waals surface area (Å²) in [5, 5.41) is 5.52. The molecular weight excluding hydrogens is 374 g/mol. The van der Waals surface area contributed by atoms with E-state index in [0.29, 0.717) is 23.0 Å². The first-order valence-corrected chi connectivity index (χ1v) is 9.86. The number of Topliss-reactive ketones (excluding diaryl/α,β-unsaturated/α-hetero) is 1. The van der Waals surface area contributed by atoms with Crippen LogP contribution in [-0.4, -0.2) is 34.6 Å². The Morgan fingerprint density at radius 1 is 1.14 bits per heavy atom. The number of ketones is 1. The Hall–Kier alpha value is -2.93. The van der Waals surface area contributed by atoms with Crippen molar-refractivity contribution < 1.29 is 14.4 Å². The average molecular weight is 395 g/mol. The van der Waals surface area contributed by atoms with Gasteiger partial charge in [0.2, 0.25) is 11.8 Å².